The van der Waals surface area contributed by atoms with Gasteiger partial charge in [0.25, 0.3) is 0 Å². The molecule has 0 saturated heterocycles. The van der Waals surface area contributed by atoms with Crippen molar-refractivity contribution in [2.24, 2.45) is 0 Å². The summed E-state index contributed by atoms with van der Waals surface area (Å²) in [5, 5.41) is 6.33. The number of nitrogens with zero attached hydrogens (tertiary/aromatic N) is 1. The van der Waals surface area contributed by atoms with Crippen molar-refractivity contribution in [1.29, 1.82) is 0 Å². The predicted molar refractivity (Wildman–Crippen MR) is 82.9 cm³/mol. The molecule has 0 spiro atoms. The fourth-order valence-electron chi connectivity index (χ4n) is 2.61. The average Bonchev–Trinajstić information content (AvgIpc) is 2.56. The first-order valence-electron chi connectivity index (χ1n) is 7.06. The maximum atomic E-state index is 3.62. The molecule has 0 aromatic heterocycles. The molecule has 1 heterocycles. The van der Waals surface area contributed by atoms with Crippen molar-refractivity contribution in [2.75, 3.05) is 20.6 Å². The molecule has 19 heavy (non-hydrogen) atoms. The van der Waals surface area contributed by atoms with Crippen LogP contribution in [-0.2, 0) is 0 Å². The lowest BCUT2D eigenvalue weighted by Gasteiger charge is -2.21. The van der Waals surface area contributed by atoms with Gasteiger partial charge < -0.3 is 10.2 Å². The van der Waals surface area contributed by atoms with E-state index in [9.17, 15) is 0 Å². The minimum Gasteiger partial charge on any atom is -0.383 e. The Labute approximate surface area is 116 Å². The first-order chi connectivity index (χ1) is 9.15. The van der Waals surface area contributed by atoms with Gasteiger partial charge in [0.05, 0.1) is 11.4 Å². The van der Waals surface area contributed by atoms with Crippen LogP contribution in [-0.4, -0.2) is 25.5 Å². The molecule has 1 aromatic carbocycles. The molecule has 102 valence electrons. The summed E-state index contributed by atoms with van der Waals surface area (Å²) in [5.74, 6) is 0. The quantitative estimate of drug-likeness (QED) is 0.887. The summed E-state index contributed by atoms with van der Waals surface area (Å²) in [6.45, 7) is 5.43. The van der Waals surface area contributed by atoms with Crippen LogP contribution in [0.15, 0.2) is 36.0 Å². The van der Waals surface area contributed by atoms with Crippen molar-refractivity contribution >= 4 is 11.3 Å². The standard InChI is InChI=1S/C17H24N2/c1-5-8-16(19(3)4)17-15-10-7-6-9-14(15)13(2)11-12-18-17/h6-10,18H,5,11-12H2,1-4H3/b16-8-. The Morgan fingerprint density at radius 2 is 1.95 bits per heavy atom. The number of nitrogens with one attached hydrogen (secondary N) is 1. The zero-order chi connectivity index (χ0) is 13.8. The summed E-state index contributed by atoms with van der Waals surface area (Å²) in [5.41, 5.74) is 4.01. The van der Waals surface area contributed by atoms with Crippen molar-refractivity contribution in [2.45, 2.75) is 26.7 Å². The maximum Gasteiger partial charge on any atom is 0.0654 e. The van der Waals surface area contributed by atoms with Gasteiger partial charge in [-0.15, -0.1) is 0 Å². The van der Waals surface area contributed by atoms with Crippen molar-refractivity contribution < 1.29 is 0 Å². The van der Waals surface area contributed by atoms with Crippen molar-refractivity contribution in [3.05, 3.63) is 46.5 Å². The topological polar surface area (TPSA) is 15.3 Å². The Morgan fingerprint density at radius 1 is 1.26 bits per heavy atom. The number of fused-ring (bicyclic) bond motifs is 1. The summed E-state index contributed by atoms with van der Waals surface area (Å²) in [6.07, 6.45) is 4.44. The fraction of sp³-hybridized carbons (Fsp3) is 0.412. The van der Waals surface area contributed by atoms with Crippen LogP contribution in [0.3, 0.4) is 0 Å². The predicted octanol–water partition coefficient (Wildman–Crippen LogP) is 1.81. The second kappa shape index (κ2) is 5.96. The normalized spacial score (nSPS) is 15.7. The third kappa shape index (κ3) is 2.83. The number of hydrogen-bond acceptors (Lipinski definition) is 2. The molecule has 1 aliphatic heterocycles. The molecular weight excluding hydrogens is 232 g/mol. The molecule has 1 aliphatic rings. The molecule has 0 amide bonds. The minimum absolute atomic E-state index is 1.00. The molecule has 0 unspecified atom stereocenters. The smallest absolute Gasteiger partial charge is 0.0654 e. The largest absolute Gasteiger partial charge is 0.383 e. The summed E-state index contributed by atoms with van der Waals surface area (Å²) in [7, 11) is 4.22. The van der Waals surface area contributed by atoms with Crippen LogP contribution in [0.5, 0.6) is 0 Å². The highest BCUT2D eigenvalue weighted by molar-refractivity contribution is 5.64. The minimum atomic E-state index is 1.00. The summed E-state index contributed by atoms with van der Waals surface area (Å²) in [6, 6.07) is 8.71. The van der Waals surface area contributed by atoms with Crippen LogP contribution in [0.2, 0.25) is 0 Å². The highest BCUT2D eigenvalue weighted by atomic mass is 15.1. The van der Waals surface area contributed by atoms with E-state index >= 15 is 0 Å². The van der Waals surface area contributed by atoms with Crippen molar-refractivity contribution in [1.82, 2.24) is 10.2 Å². The van der Waals surface area contributed by atoms with Gasteiger partial charge in [-0.2, -0.15) is 0 Å². The molecule has 0 atom stereocenters. The van der Waals surface area contributed by atoms with Crippen LogP contribution in [0.4, 0.5) is 0 Å². The number of hydrogen-bond donors (Lipinski definition) is 1. The second-order valence-corrected chi connectivity index (χ2v) is 5.27. The van der Waals surface area contributed by atoms with E-state index < -0.39 is 0 Å². The van der Waals surface area contributed by atoms with E-state index in [1.54, 1.807) is 0 Å². The second-order valence-electron chi connectivity index (χ2n) is 5.27. The van der Waals surface area contributed by atoms with E-state index in [0.29, 0.717) is 0 Å². The highest BCUT2D eigenvalue weighted by Crippen LogP contribution is 2.12. The Bertz CT molecular complexity index is 594. The molecule has 2 heteroatoms. The molecule has 0 saturated carbocycles. The lowest BCUT2D eigenvalue weighted by Crippen LogP contribution is -2.33. The molecule has 0 radical (unpaired) electrons. The molecule has 2 rings (SSSR count). The molecule has 1 N–H and O–H groups in total. The van der Waals surface area contributed by atoms with Crippen molar-refractivity contribution in [3.8, 4) is 0 Å². The van der Waals surface area contributed by atoms with Gasteiger partial charge in [-0.1, -0.05) is 42.8 Å². The van der Waals surface area contributed by atoms with Gasteiger partial charge in [0.1, 0.15) is 0 Å². The Kier molecular flexibility index (Phi) is 4.31. The summed E-state index contributed by atoms with van der Waals surface area (Å²) in [4.78, 5) is 2.20. The third-order valence-electron chi connectivity index (χ3n) is 3.59. The zero-order valence-corrected chi connectivity index (χ0v) is 12.5. The van der Waals surface area contributed by atoms with Crippen LogP contribution in [0, 0.1) is 0 Å². The van der Waals surface area contributed by atoms with E-state index in [-0.39, 0.29) is 0 Å². The first-order valence-corrected chi connectivity index (χ1v) is 7.06. The number of allylic oxidation sites excluding steroid dienone is 1. The molecule has 0 fully saturated rings. The van der Waals surface area contributed by atoms with Gasteiger partial charge in [-0.05, 0) is 25.0 Å². The van der Waals surface area contributed by atoms with E-state index in [1.807, 2.05) is 0 Å². The lowest BCUT2D eigenvalue weighted by atomic mass is 10.1. The van der Waals surface area contributed by atoms with E-state index in [0.717, 1.165) is 19.4 Å². The van der Waals surface area contributed by atoms with Crippen LogP contribution in [0.1, 0.15) is 26.7 Å². The monoisotopic (exact) mass is 256 g/mol. The number of likely N-dealkylation sites (N-methyl/N-ethyl adjacent to an activating group) is 1. The molecule has 0 bridgehead atoms. The molecule has 0 aliphatic carbocycles. The van der Waals surface area contributed by atoms with Gasteiger partial charge in [0.2, 0.25) is 0 Å². The molecule has 1 aromatic rings. The van der Waals surface area contributed by atoms with E-state index in [4.69, 9.17) is 0 Å². The van der Waals surface area contributed by atoms with E-state index in [1.165, 1.54) is 27.4 Å². The SMILES string of the molecule is CC/C=C(/C1=c2ccccc2=C(C)CCN1)N(C)C. The van der Waals surface area contributed by atoms with Gasteiger partial charge in [0.15, 0.2) is 0 Å². The average molecular weight is 256 g/mol. The van der Waals surface area contributed by atoms with Crippen LogP contribution < -0.4 is 15.8 Å². The highest BCUT2D eigenvalue weighted by Gasteiger charge is 2.11. The molecular formula is C17H24N2. The van der Waals surface area contributed by atoms with Crippen LogP contribution >= 0.6 is 0 Å². The van der Waals surface area contributed by atoms with E-state index in [2.05, 4.69) is 68.5 Å². The fourth-order valence-corrected chi connectivity index (χ4v) is 2.61. The van der Waals surface area contributed by atoms with Gasteiger partial charge in [0, 0.05) is 25.9 Å². The summed E-state index contributed by atoms with van der Waals surface area (Å²) < 4.78 is 0. The lowest BCUT2D eigenvalue weighted by molar-refractivity contribution is 0.524. The Morgan fingerprint density at radius 3 is 2.58 bits per heavy atom. The molecule has 2 nitrogen and oxygen atoms in total. The maximum absolute atomic E-state index is 3.62. The van der Waals surface area contributed by atoms with Gasteiger partial charge >= 0.3 is 0 Å². The van der Waals surface area contributed by atoms with Gasteiger partial charge in [-0.25, -0.2) is 0 Å². The Balaban J connectivity index is 2.78. The Hall–Kier alpha value is -1.70. The first kappa shape index (κ1) is 13.7. The zero-order valence-electron chi connectivity index (χ0n) is 12.5. The van der Waals surface area contributed by atoms with Gasteiger partial charge in [-0.3, -0.25) is 0 Å². The van der Waals surface area contributed by atoms with Crippen LogP contribution in [0.25, 0.3) is 11.3 Å². The number of benzene rings is 1. The third-order valence-corrected chi connectivity index (χ3v) is 3.59. The summed E-state index contributed by atoms with van der Waals surface area (Å²) >= 11 is 0. The number of rotatable bonds is 3. The van der Waals surface area contributed by atoms with Crippen molar-refractivity contribution in [3.63, 3.8) is 0 Å².